The molecular weight excluding hydrogens is 104 g/mol. The van der Waals surface area contributed by atoms with Gasteiger partial charge >= 0.3 is 0 Å². The summed E-state index contributed by atoms with van der Waals surface area (Å²) in [4.78, 5) is 10.2. The summed E-state index contributed by atoms with van der Waals surface area (Å²) in [7, 11) is 0. The third kappa shape index (κ3) is 1.93. The molecule has 0 bridgehead atoms. The van der Waals surface area contributed by atoms with E-state index in [9.17, 15) is 4.79 Å². The lowest BCUT2D eigenvalue weighted by molar-refractivity contribution is -0.120. The molecule has 1 unspecified atom stereocenters. The van der Waals surface area contributed by atoms with Crippen molar-refractivity contribution in [2.24, 2.45) is 11.7 Å². The average molecular weight is 115 g/mol. The molecule has 0 saturated carbocycles. The first kappa shape index (κ1) is 7.43. The highest BCUT2D eigenvalue weighted by Crippen LogP contribution is 1.97. The summed E-state index contributed by atoms with van der Waals surface area (Å²) in [5.41, 5.74) is 11.8. The second kappa shape index (κ2) is 2.67. The molecule has 0 saturated heterocycles. The van der Waals surface area contributed by atoms with E-state index in [4.69, 9.17) is 11.5 Å². The standard InChI is InChI=1S/C5H11N2O/c1-3(2)4(6)5(7)8/h3-4,6H,1-2H3,(H2,7,8). The molecule has 0 aliphatic heterocycles. The van der Waals surface area contributed by atoms with Crippen molar-refractivity contribution in [3.05, 3.63) is 0 Å². The van der Waals surface area contributed by atoms with Crippen LogP contribution in [-0.4, -0.2) is 11.9 Å². The van der Waals surface area contributed by atoms with Crippen molar-refractivity contribution in [1.82, 2.24) is 5.73 Å². The Morgan fingerprint density at radius 3 is 2.00 bits per heavy atom. The zero-order valence-corrected chi connectivity index (χ0v) is 5.14. The largest absolute Gasteiger partial charge is 0.368 e. The van der Waals surface area contributed by atoms with Crippen LogP contribution in [0.15, 0.2) is 0 Å². The van der Waals surface area contributed by atoms with Gasteiger partial charge in [0.2, 0.25) is 5.91 Å². The molecule has 0 spiro atoms. The zero-order valence-electron chi connectivity index (χ0n) is 5.14. The van der Waals surface area contributed by atoms with Crippen LogP contribution in [0, 0.1) is 5.92 Å². The van der Waals surface area contributed by atoms with Crippen LogP contribution in [0.25, 0.3) is 0 Å². The fourth-order valence-electron chi connectivity index (χ4n) is 0.329. The van der Waals surface area contributed by atoms with Gasteiger partial charge in [0.05, 0.1) is 0 Å². The molecule has 47 valence electrons. The van der Waals surface area contributed by atoms with Gasteiger partial charge < -0.3 is 5.73 Å². The van der Waals surface area contributed by atoms with Gasteiger partial charge in [-0.3, -0.25) is 4.79 Å². The number of amides is 1. The summed E-state index contributed by atoms with van der Waals surface area (Å²) in [6.45, 7) is 3.59. The smallest absolute Gasteiger partial charge is 0.236 e. The van der Waals surface area contributed by atoms with Crippen molar-refractivity contribution in [3.63, 3.8) is 0 Å². The molecule has 3 N–H and O–H groups in total. The minimum Gasteiger partial charge on any atom is -0.368 e. The van der Waals surface area contributed by atoms with Crippen LogP contribution in [0.1, 0.15) is 13.8 Å². The molecule has 1 amide bonds. The van der Waals surface area contributed by atoms with Crippen molar-refractivity contribution in [2.45, 2.75) is 19.9 Å². The molecule has 1 atom stereocenters. The zero-order chi connectivity index (χ0) is 6.73. The number of carbonyl (C=O) groups excluding carboxylic acids is 1. The van der Waals surface area contributed by atoms with Crippen molar-refractivity contribution in [3.8, 4) is 0 Å². The predicted molar refractivity (Wildman–Crippen MR) is 30.9 cm³/mol. The van der Waals surface area contributed by atoms with Crippen molar-refractivity contribution < 1.29 is 4.79 Å². The lowest BCUT2D eigenvalue weighted by atomic mass is 10.1. The molecule has 0 aromatic heterocycles. The van der Waals surface area contributed by atoms with Gasteiger partial charge in [-0.1, -0.05) is 13.8 Å². The Morgan fingerprint density at radius 1 is 1.62 bits per heavy atom. The number of nitrogens with two attached hydrogens (primary N) is 1. The maximum atomic E-state index is 10.2. The number of primary amides is 1. The van der Waals surface area contributed by atoms with Crippen molar-refractivity contribution in [1.29, 1.82) is 0 Å². The van der Waals surface area contributed by atoms with Gasteiger partial charge in [-0.15, -0.1) is 0 Å². The summed E-state index contributed by atoms with van der Waals surface area (Å²) in [6.07, 6.45) is 0. The lowest BCUT2D eigenvalue weighted by Crippen LogP contribution is -2.33. The van der Waals surface area contributed by atoms with Crippen molar-refractivity contribution >= 4 is 5.91 Å². The predicted octanol–water partition coefficient (Wildman–Crippen LogP) is -0.221. The molecule has 0 heterocycles. The second-order valence-electron chi connectivity index (χ2n) is 2.12. The van der Waals surface area contributed by atoms with Gasteiger partial charge in [0, 0.05) is 0 Å². The van der Waals surface area contributed by atoms with E-state index >= 15 is 0 Å². The van der Waals surface area contributed by atoms with E-state index in [2.05, 4.69) is 0 Å². The van der Waals surface area contributed by atoms with E-state index in [-0.39, 0.29) is 5.92 Å². The quantitative estimate of drug-likeness (QED) is 0.531. The minimum absolute atomic E-state index is 0.0347. The van der Waals surface area contributed by atoms with Gasteiger partial charge in [0.15, 0.2) is 0 Å². The molecular formula is C5H11N2O. The Balaban J connectivity index is 3.64. The fraction of sp³-hybridized carbons (Fsp3) is 0.800. The molecule has 8 heavy (non-hydrogen) atoms. The Morgan fingerprint density at radius 2 is 2.00 bits per heavy atom. The van der Waals surface area contributed by atoms with Crippen LogP contribution in [-0.2, 0) is 4.79 Å². The first-order valence-corrected chi connectivity index (χ1v) is 2.56. The normalized spacial score (nSPS) is 14.0. The van der Waals surface area contributed by atoms with Crippen molar-refractivity contribution in [2.75, 3.05) is 0 Å². The molecule has 3 nitrogen and oxygen atoms in total. The van der Waals surface area contributed by atoms with Crippen LogP contribution < -0.4 is 11.5 Å². The molecule has 3 heteroatoms. The van der Waals surface area contributed by atoms with Gasteiger partial charge in [0.1, 0.15) is 6.04 Å². The van der Waals surface area contributed by atoms with E-state index in [1.54, 1.807) is 13.8 Å². The minimum atomic E-state index is -0.741. The number of hydrogen-bond donors (Lipinski definition) is 1. The first-order valence-electron chi connectivity index (χ1n) is 2.56. The highest BCUT2D eigenvalue weighted by Gasteiger charge is 2.13. The first-order chi connectivity index (χ1) is 3.55. The van der Waals surface area contributed by atoms with E-state index in [1.165, 1.54) is 0 Å². The molecule has 0 aromatic rings. The Bertz CT molecular complexity index is 90.4. The third-order valence-electron chi connectivity index (χ3n) is 0.973. The lowest BCUT2D eigenvalue weighted by Gasteiger charge is -2.07. The summed E-state index contributed by atoms with van der Waals surface area (Å²) in [5, 5.41) is 0. The number of hydrogen-bond acceptors (Lipinski definition) is 1. The van der Waals surface area contributed by atoms with E-state index in [1.807, 2.05) is 0 Å². The third-order valence-corrected chi connectivity index (χ3v) is 0.973. The molecule has 0 aliphatic rings. The molecule has 0 aromatic carbocycles. The monoisotopic (exact) mass is 115 g/mol. The van der Waals surface area contributed by atoms with Gasteiger partial charge in [-0.05, 0) is 5.92 Å². The maximum absolute atomic E-state index is 10.2. The van der Waals surface area contributed by atoms with E-state index in [0.717, 1.165) is 0 Å². The summed E-state index contributed by atoms with van der Waals surface area (Å²) in [5.74, 6) is -0.507. The topological polar surface area (TPSA) is 66.9 Å². The highest BCUT2D eigenvalue weighted by atomic mass is 16.1. The Labute approximate surface area is 49.0 Å². The number of nitrogens with one attached hydrogen (secondary N) is 1. The van der Waals surface area contributed by atoms with Gasteiger partial charge in [0.25, 0.3) is 0 Å². The van der Waals surface area contributed by atoms with E-state index < -0.39 is 11.9 Å². The fourth-order valence-corrected chi connectivity index (χ4v) is 0.329. The van der Waals surface area contributed by atoms with Gasteiger partial charge in [-0.25, -0.2) is 5.73 Å². The van der Waals surface area contributed by atoms with Crippen LogP contribution in [0.5, 0.6) is 0 Å². The summed E-state index contributed by atoms with van der Waals surface area (Å²) < 4.78 is 0. The van der Waals surface area contributed by atoms with Crippen LogP contribution in [0.2, 0.25) is 0 Å². The molecule has 0 aliphatic carbocycles. The maximum Gasteiger partial charge on any atom is 0.236 e. The summed E-state index contributed by atoms with van der Waals surface area (Å²) in [6, 6.07) is -0.741. The van der Waals surface area contributed by atoms with E-state index in [0.29, 0.717) is 0 Å². The molecule has 1 radical (unpaired) electrons. The highest BCUT2D eigenvalue weighted by molar-refractivity contribution is 5.79. The number of rotatable bonds is 2. The van der Waals surface area contributed by atoms with Crippen LogP contribution in [0.4, 0.5) is 0 Å². The van der Waals surface area contributed by atoms with Gasteiger partial charge in [-0.2, -0.15) is 0 Å². The van der Waals surface area contributed by atoms with Crippen LogP contribution in [0.3, 0.4) is 0 Å². The Kier molecular flexibility index (Phi) is 2.48. The molecule has 0 fully saturated rings. The average Bonchev–Trinajstić information content (AvgIpc) is 1.64. The SMILES string of the molecule is CC(C)C([NH])C(N)=O. The molecule has 0 rings (SSSR count). The second-order valence-corrected chi connectivity index (χ2v) is 2.12. The summed E-state index contributed by atoms with van der Waals surface area (Å²) >= 11 is 0. The van der Waals surface area contributed by atoms with Crippen LogP contribution >= 0.6 is 0 Å². The Hall–Kier alpha value is -0.570. The number of carbonyl (C=O) groups is 1.